The number of halogens is 2. The minimum atomic E-state index is -0.790. The molecular formula is C22H18Cl2. The van der Waals surface area contributed by atoms with Crippen LogP contribution in [0.3, 0.4) is 0 Å². The number of rotatable bonds is 4. The Hall–Kier alpha value is -1.76. The van der Waals surface area contributed by atoms with Gasteiger partial charge in [-0.3, -0.25) is 0 Å². The normalized spacial score (nSPS) is 16.6. The van der Waals surface area contributed by atoms with Crippen molar-refractivity contribution in [3.63, 3.8) is 0 Å². The van der Waals surface area contributed by atoms with Crippen molar-refractivity contribution in [1.82, 2.24) is 0 Å². The van der Waals surface area contributed by atoms with Crippen LogP contribution in [-0.4, -0.2) is 0 Å². The van der Waals surface area contributed by atoms with Gasteiger partial charge in [0, 0.05) is 10.6 Å². The first-order valence-electron chi connectivity index (χ1n) is 8.29. The molecule has 120 valence electrons. The smallest absolute Gasteiger partial charge is 0.103 e. The van der Waals surface area contributed by atoms with E-state index in [1.54, 1.807) is 0 Å². The van der Waals surface area contributed by atoms with E-state index in [0.29, 0.717) is 5.02 Å². The molecule has 0 heterocycles. The van der Waals surface area contributed by atoms with E-state index in [2.05, 4.69) is 36.4 Å². The van der Waals surface area contributed by atoms with Crippen LogP contribution in [0.1, 0.15) is 41.0 Å². The molecule has 1 fully saturated rings. The summed E-state index contributed by atoms with van der Waals surface area (Å²) in [5.41, 5.74) is 4.40. The Morgan fingerprint density at radius 3 is 1.92 bits per heavy atom. The summed E-state index contributed by atoms with van der Waals surface area (Å²) in [7, 11) is 0. The summed E-state index contributed by atoms with van der Waals surface area (Å²) in [4.78, 5) is -0.790. The Balaban J connectivity index is 1.88. The van der Waals surface area contributed by atoms with E-state index < -0.39 is 4.87 Å². The molecule has 4 rings (SSSR count). The van der Waals surface area contributed by atoms with Gasteiger partial charge in [-0.2, -0.15) is 0 Å². The molecule has 1 saturated carbocycles. The van der Waals surface area contributed by atoms with Crippen LogP contribution in [0.5, 0.6) is 0 Å². The lowest BCUT2D eigenvalue weighted by Crippen LogP contribution is -2.22. The fourth-order valence-corrected chi connectivity index (χ4v) is 4.03. The highest BCUT2D eigenvalue weighted by Gasteiger charge is 2.36. The third-order valence-corrected chi connectivity index (χ3v) is 5.74. The second-order valence-electron chi connectivity index (χ2n) is 6.40. The highest BCUT2D eigenvalue weighted by molar-refractivity contribution is 6.34. The lowest BCUT2D eigenvalue weighted by Gasteiger charge is -2.30. The molecule has 0 spiro atoms. The van der Waals surface area contributed by atoms with E-state index in [1.165, 1.54) is 18.4 Å². The average molecular weight is 353 g/mol. The minimum Gasteiger partial charge on any atom is -0.103 e. The van der Waals surface area contributed by atoms with Gasteiger partial charge in [-0.25, -0.2) is 0 Å². The zero-order chi connectivity index (χ0) is 16.6. The van der Waals surface area contributed by atoms with E-state index in [4.69, 9.17) is 23.2 Å². The van der Waals surface area contributed by atoms with Gasteiger partial charge in [-0.1, -0.05) is 84.4 Å². The van der Waals surface area contributed by atoms with Crippen molar-refractivity contribution in [3.05, 3.63) is 106 Å². The van der Waals surface area contributed by atoms with Gasteiger partial charge in [-0.15, -0.1) is 11.6 Å². The van der Waals surface area contributed by atoms with Crippen molar-refractivity contribution in [2.45, 2.75) is 23.6 Å². The zero-order valence-corrected chi connectivity index (χ0v) is 14.8. The Labute approximate surface area is 153 Å². The third-order valence-electron chi connectivity index (χ3n) is 4.77. The van der Waals surface area contributed by atoms with Gasteiger partial charge >= 0.3 is 0 Å². The molecule has 1 unspecified atom stereocenters. The summed E-state index contributed by atoms with van der Waals surface area (Å²) in [6.07, 6.45) is 2.60. The molecule has 0 amide bonds. The maximum atomic E-state index is 7.28. The summed E-state index contributed by atoms with van der Waals surface area (Å²) >= 11 is 13.8. The fourth-order valence-electron chi connectivity index (χ4n) is 3.29. The molecule has 1 aliphatic carbocycles. The summed E-state index contributed by atoms with van der Waals surface area (Å²) in [5.74, 6) is 0.737. The standard InChI is InChI=1S/C22H18Cl2/c23-21-9-5-4-8-20(21)22(24,18-6-2-1-3-7-18)19-14-12-17(13-15-19)16-10-11-16/h1-9,12-16H,10-11H2. The maximum Gasteiger partial charge on any atom is 0.121 e. The molecule has 1 aliphatic rings. The first-order valence-corrected chi connectivity index (χ1v) is 9.05. The first-order chi connectivity index (χ1) is 11.7. The summed E-state index contributed by atoms with van der Waals surface area (Å²) in [5, 5.41) is 0.683. The Kier molecular flexibility index (Phi) is 4.12. The van der Waals surface area contributed by atoms with Crippen LogP contribution in [0.25, 0.3) is 0 Å². The van der Waals surface area contributed by atoms with Crippen LogP contribution >= 0.6 is 23.2 Å². The second-order valence-corrected chi connectivity index (χ2v) is 7.37. The molecule has 0 aromatic heterocycles. The average Bonchev–Trinajstić information content (AvgIpc) is 3.48. The van der Waals surface area contributed by atoms with Crippen LogP contribution in [0, 0.1) is 0 Å². The van der Waals surface area contributed by atoms with Crippen LogP contribution < -0.4 is 0 Å². The second kappa shape index (κ2) is 6.27. The van der Waals surface area contributed by atoms with E-state index in [-0.39, 0.29) is 0 Å². The molecule has 2 heteroatoms. The lowest BCUT2D eigenvalue weighted by molar-refractivity contribution is 0.877. The molecule has 24 heavy (non-hydrogen) atoms. The van der Waals surface area contributed by atoms with Crippen molar-refractivity contribution in [1.29, 1.82) is 0 Å². The zero-order valence-electron chi connectivity index (χ0n) is 13.3. The van der Waals surface area contributed by atoms with Gasteiger partial charge in [0.25, 0.3) is 0 Å². The Bertz CT molecular complexity index is 835. The number of alkyl halides is 1. The van der Waals surface area contributed by atoms with Gasteiger partial charge < -0.3 is 0 Å². The fraction of sp³-hybridized carbons (Fsp3) is 0.182. The van der Waals surface area contributed by atoms with Crippen LogP contribution in [-0.2, 0) is 4.87 Å². The molecule has 1 atom stereocenters. The van der Waals surface area contributed by atoms with Gasteiger partial charge in [0.2, 0.25) is 0 Å². The first kappa shape index (κ1) is 15.7. The van der Waals surface area contributed by atoms with E-state index in [0.717, 1.165) is 22.6 Å². The molecule has 0 bridgehead atoms. The largest absolute Gasteiger partial charge is 0.121 e. The predicted octanol–water partition coefficient (Wildman–Crippen LogP) is 6.75. The quantitative estimate of drug-likeness (QED) is 0.360. The van der Waals surface area contributed by atoms with Crippen LogP contribution in [0.15, 0.2) is 78.9 Å². The van der Waals surface area contributed by atoms with E-state index >= 15 is 0 Å². The van der Waals surface area contributed by atoms with Crippen LogP contribution in [0.4, 0.5) is 0 Å². The van der Waals surface area contributed by atoms with Gasteiger partial charge in [-0.05, 0) is 41.5 Å². The number of hydrogen-bond acceptors (Lipinski definition) is 0. The lowest BCUT2D eigenvalue weighted by atomic mass is 9.83. The Morgan fingerprint density at radius 2 is 1.29 bits per heavy atom. The van der Waals surface area contributed by atoms with Crippen molar-refractivity contribution in [2.75, 3.05) is 0 Å². The van der Waals surface area contributed by atoms with E-state index in [9.17, 15) is 0 Å². The van der Waals surface area contributed by atoms with Gasteiger partial charge in [0.05, 0.1) is 0 Å². The number of benzene rings is 3. The van der Waals surface area contributed by atoms with E-state index in [1.807, 2.05) is 42.5 Å². The third kappa shape index (κ3) is 2.75. The molecule has 3 aromatic rings. The molecule has 0 radical (unpaired) electrons. The topological polar surface area (TPSA) is 0 Å². The maximum absolute atomic E-state index is 7.28. The van der Waals surface area contributed by atoms with Crippen molar-refractivity contribution < 1.29 is 0 Å². The molecule has 0 aliphatic heterocycles. The number of hydrogen-bond donors (Lipinski definition) is 0. The predicted molar refractivity (Wildman–Crippen MR) is 102 cm³/mol. The SMILES string of the molecule is Clc1ccccc1C(Cl)(c1ccccc1)c1ccc(C2CC2)cc1. The van der Waals surface area contributed by atoms with Crippen molar-refractivity contribution in [3.8, 4) is 0 Å². The molecular weight excluding hydrogens is 335 g/mol. The molecule has 0 nitrogen and oxygen atoms in total. The van der Waals surface area contributed by atoms with Gasteiger partial charge in [0.1, 0.15) is 4.87 Å². The summed E-state index contributed by atoms with van der Waals surface area (Å²) in [6.45, 7) is 0. The Morgan fingerprint density at radius 1 is 0.708 bits per heavy atom. The molecule has 3 aromatic carbocycles. The summed E-state index contributed by atoms with van der Waals surface area (Å²) in [6, 6.07) is 26.7. The summed E-state index contributed by atoms with van der Waals surface area (Å²) < 4.78 is 0. The highest BCUT2D eigenvalue weighted by atomic mass is 35.5. The highest BCUT2D eigenvalue weighted by Crippen LogP contribution is 2.47. The molecule has 0 saturated heterocycles. The monoisotopic (exact) mass is 352 g/mol. The van der Waals surface area contributed by atoms with Crippen molar-refractivity contribution >= 4 is 23.2 Å². The molecule has 0 N–H and O–H groups in total. The minimum absolute atomic E-state index is 0.683. The van der Waals surface area contributed by atoms with Crippen LogP contribution in [0.2, 0.25) is 5.02 Å². The van der Waals surface area contributed by atoms with Gasteiger partial charge in [0.15, 0.2) is 0 Å². The van der Waals surface area contributed by atoms with Crippen molar-refractivity contribution in [2.24, 2.45) is 0 Å².